The normalized spacial score (nSPS) is 11.2. The van der Waals surface area contributed by atoms with Gasteiger partial charge in [-0.25, -0.2) is 18.1 Å². The molecule has 0 saturated heterocycles. The number of hydrogen-bond acceptors (Lipinski definition) is 6. The van der Waals surface area contributed by atoms with Gasteiger partial charge in [0.15, 0.2) is 0 Å². The summed E-state index contributed by atoms with van der Waals surface area (Å²) in [4.78, 5) is 29.6. The van der Waals surface area contributed by atoms with E-state index in [0.717, 1.165) is 10.6 Å². The molecule has 0 fully saturated rings. The number of benzene rings is 1. The molecule has 0 spiro atoms. The van der Waals surface area contributed by atoms with Crippen LogP contribution in [0, 0.1) is 6.92 Å². The van der Waals surface area contributed by atoms with Gasteiger partial charge >= 0.3 is 0 Å². The molecule has 8 nitrogen and oxygen atoms in total. The van der Waals surface area contributed by atoms with E-state index in [1.54, 1.807) is 23.5 Å². The second-order valence-electron chi connectivity index (χ2n) is 6.97. The van der Waals surface area contributed by atoms with Crippen LogP contribution in [-0.4, -0.2) is 38.3 Å². The van der Waals surface area contributed by atoms with Crippen LogP contribution < -0.4 is 15.4 Å². The Morgan fingerprint density at radius 2 is 1.78 bits per heavy atom. The Hall–Kier alpha value is -3.08. The summed E-state index contributed by atoms with van der Waals surface area (Å²) in [6.07, 6.45) is 0.701. The number of carbonyl (C=O) groups excluding carboxylic acids is 2. The molecule has 168 valence electrons. The number of aryl methyl sites for hydroxylation is 1. The van der Waals surface area contributed by atoms with Gasteiger partial charge in [-0.1, -0.05) is 12.1 Å². The van der Waals surface area contributed by atoms with Crippen molar-refractivity contribution >= 4 is 39.0 Å². The summed E-state index contributed by atoms with van der Waals surface area (Å²) in [5.41, 5.74) is 1.10. The van der Waals surface area contributed by atoms with E-state index in [1.807, 2.05) is 30.5 Å². The van der Waals surface area contributed by atoms with Crippen molar-refractivity contribution in [3.8, 4) is 0 Å². The van der Waals surface area contributed by atoms with Gasteiger partial charge in [0.05, 0.1) is 4.90 Å². The van der Waals surface area contributed by atoms with Gasteiger partial charge in [-0.2, -0.15) is 0 Å². The number of hydrogen-bond donors (Lipinski definition) is 3. The highest BCUT2D eigenvalue weighted by atomic mass is 32.2. The summed E-state index contributed by atoms with van der Waals surface area (Å²) in [5, 5.41) is 7.27. The third-order valence-electron chi connectivity index (χ3n) is 4.46. The van der Waals surface area contributed by atoms with Crippen molar-refractivity contribution in [2.75, 3.05) is 18.4 Å². The van der Waals surface area contributed by atoms with Crippen molar-refractivity contribution in [2.24, 2.45) is 0 Å². The SMILES string of the molecule is Cc1cccc(NC(=O)CCNC(=O)c2ccc(S(=O)(=O)NCCc3cccs3)cc2)n1. The Bertz CT molecular complexity index is 1160. The summed E-state index contributed by atoms with van der Waals surface area (Å²) in [5.74, 6) is -0.193. The number of pyridine rings is 1. The molecule has 0 aliphatic carbocycles. The maximum atomic E-state index is 12.4. The zero-order valence-corrected chi connectivity index (χ0v) is 19.1. The molecule has 0 radical (unpaired) electrons. The number of rotatable bonds is 10. The van der Waals surface area contributed by atoms with Gasteiger partial charge in [-0.3, -0.25) is 9.59 Å². The van der Waals surface area contributed by atoms with E-state index in [1.165, 1.54) is 24.3 Å². The molecular formula is C22H24N4O4S2. The number of aromatic nitrogens is 1. The van der Waals surface area contributed by atoms with E-state index < -0.39 is 10.0 Å². The standard InChI is InChI=1S/C22H24N4O4S2/c1-16-4-2-6-20(25-16)26-21(27)12-13-23-22(28)17-7-9-19(10-8-17)32(29,30)24-14-11-18-5-3-15-31-18/h2-10,15,24H,11-14H2,1H3,(H,23,28)(H,25,26,27). The molecule has 10 heteroatoms. The van der Waals surface area contributed by atoms with Gasteiger partial charge < -0.3 is 10.6 Å². The summed E-state index contributed by atoms with van der Waals surface area (Å²) in [6, 6.07) is 14.9. The quantitative estimate of drug-likeness (QED) is 0.419. The molecule has 2 amide bonds. The first-order valence-electron chi connectivity index (χ1n) is 9.97. The van der Waals surface area contributed by atoms with Gasteiger partial charge in [-0.05, 0) is 61.2 Å². The third-order valence-corrected chi connectivity index (χ3v) is 6.88. The largest absolute Gasteiger partial charge is 0.352 e. The highest BCUT2D eigenvalue weighted by molar-refractivity contribution is 7.89. The molecule has 2 heterocycles. The predicted octanol–water partition coefficient (Wildman–Crippen LogP) is 2.73. The minimum Gasteiger partial charge on any atom is -0.352 e. The zero-order chi connectivity index (χ0) is 23.0. The van der Waals surface area contributed by atoms with E-state index in [-0.39, 0.29) is 29.7 Å². The average molecular weight is 473 g/mol. The maximum Gasteiger partial charge on any atom is 0.251 e. The van der Waals surface area contributed by atoms with Gasteiger partial charge in [-0.15, -0.1) is 11.3 Å². The van der Waals surface area contributed by atoms with E-state index in [4.69, 9.17) is 0 Å². The molecule has 0 aliphatic rings. The van der Waals surface area contributed by atoms with Crippen molar-refractivity contribution < 1.29 is 18.0 Å². The molecule has 0 saturated carbocycles. The van der Waals surface area contributed by atoms with Crippen molar-refractivity contribution in [3.05, 3.63) is 76.1 Å². The summed E-state index contributed by atoms with van der Waals surface area (Å²) in [6.45, 7) is 2.26. The monoisotopic (exact) mass is 472 g/mol. The molecule has 3 rings (SSSR count). The fourth-order valence-electron chi connectivity index (χ4n) is 2.84. The Balaban J connectivity index is 1.45. The van der Waals surface area contributed by atoms with Crippen molar-refractivity contribution in [1.29, 1.82) is 0 Å². The molecule has 2 aromatic heterocycles. The third kappa shape index (κ3) is 6.98. The second kappa shape index (κ2) is 11.0. The van der Waals surface area contributed by atoms with Gasteiger partial charge in [0.25, 0.3) is 5.91 Å². The van der Waals surface area contributed by atoms with Crippen LogP contribution in [0.15, 0.2) is 64.9 Å². The van der Waals surface area contributed by atoms with Gasteiger partial charge in [0.1, 0.15) is 5.82 Å². The molecule has 3 aromatic rings. The molecule has 0 unspecified atom stereocenters. The topological polar surface area (TPSA) is 117 Å². The minimum atomic E-state index is -3.65. The summed E-state index contributed by atoms with van der Waals surface area (Å²) >= 11 is 1.58. The Morgan fingerprint density at radius 1 is 1.00 bits per heavy atom. The van der Waals surface area contributed by atoms with Crippen LogP contribution in [0.25, 0.3) is 0 Å². The number of sulfonamides is 1. The van der Waals surface area contributed by atoms with E-state index in [0.29, 0.717) is 24.3 Å². The second-order valence-corrected chi connectivity index (χ2v) is 9.77. The minimum absolute atomic E-state index is 0.0853. The van der Waals surface area contributed by atoms with E-state index in [9.17, 15) is 18.0 Å². The van der Waals surface area contributed by atoms with Crippen LogP contribution in [0.3, 0.4) is 0 Å². The van der Waals surface area contributed by atoms with Crippen LogP contribution in [0.5, 0.6) is 0 Å². The predicted molar refractivity (Wildman–Crippen MR) is 124 cm³/mol. The number of amides is 2. The molecule has 0 aliphatic heterocycles. The Kier molecular flexibility index (Phi) is 8.09. The van der Waals surface area contributed by atoms with Gasteiger partial charge in [0.2, 0.25) is 15.9 Å². The zero-order valence-electron chi connectivity index (χ0n) is 17.5. The lowest BCUT2D eigenvalue weighted by Gasteiger charge is -2.08. The van der Waals surface area contributed by atoms with Crippen molar-refractivity contribution in [2.45, 2.75) is 24.7 Å². The van der Waals surface area contributed by atoms with Crippen molar-refractivity contribution in [1.82, 2.24) is 15.0 Å². The smallest absolute Gasteiger partial charge is 0.251 e. The van der Waals surface area contributed by atoms with Crippen LogP contribution >= 0.6 is 11.3 Å². The van der Waals surface area contributed by atoms with Crippen LogP contribution in [-0.2, 0) is 21.2 Å². The van der Waals surface area contributed by atoms with Crippen molar-refractivity contribution in [3.63, 3.8) is 0 Å². The fourth-order valence-corrected chi connectivity index (χ4v) is 4.58. The number of nitrogens with one attached hydrogen (secondary N) is 3. The number of nitrogens with zero attached hydrogens (tertiary/aromatic N) is 1. The highest BCUT2D eigenvalue weighted by Gasteiger charge is 2.15. The Morgan fingerprint density at radius 3 is 2.47 bits per heavy atom. The van der Waals surface area contributed by atoms with Crippen LogP contribution in [0.1, 0.15) is 27.3 Å². The van der Waals surface area contributed by atoms with Crippen LogP contribution in [0.4, 0.5) is 5.82 Å². The van der Waals surface area contributed by atoms with Gasteiger partial charge in [0, 0.05) is 35.6 Å². The maximum absolute atomic E-state index is 12.4. The summed E-state index contributed by atoms with van der Waals surface area (Å²) < 4.78 is 27.4. The molecule has 0 atom stereocenters. The molecule has 0 bridgehead atoms. The molecule has 3 N–H and O–H groups in total. The first-order chi connectivity index (χ1) is 15.3. The lowest BCUT2D eigenvalue weighted by molar-refractivity contribution is -0.116. The first-order valence-corrected chi connectivity index (χ1v) is 12.3. The molecule has 1 aromatic carbocycles. The summed E-state index contributed by atoms with van der Waals surface area (Å²) in [7, 11) is -3.65. The fraction of sp³-hybridized carbons (Fsp3) is 0.227. The molecule has 32 heavy (non-hydrogen) atoms. The Labute approximate surface area is 191 Å². The molecular weight excluding hydrogens is 448 g/mol. The first kappa shape index (κ1) is 23.6. The van der Waals surface area contributed by atoms with E-state index >= 15 is 0 Å². The highest BCUT2D eigenvalue weighted by Crippen LogP contribution is 2.12. The van der Waals surface area contributed by atoms with E-state index in [2.05, 4.69) is 20.3 Å². The number of thiophene rings is 1. The number of carbonyl (C=O) groups is 2. The van der Waals surface area contributed by atoms with Crippen LogP contribution in [0.2, 0.25) is 0 Å². The lowest BCUT2D eigenvalue weighted by Crippen LogP contribution is -2.28. The lowest BCUT2D eigenvalue weighted by atomic mass is 10.2. The number of anilines is 1. The average Bonchev–Trinajstić information content (AvgIpc) is 3.27.